The smallest absolute Gasteiger partial charge is 0.125 e. The highest BCUT2D eigenvalue weighted by molar-refractivity contribution is 5.88. The number of ether oxygens (including phenoxy) is 1. The number of rotatable bonds is 6. The van der Waals surface area contributed by atoms with Crippen molar-refractivity contribution in [2.45, 2.75) is 27.0 Å². The van der Waals surface area contributed by atoms with Crippen LogP contribution in [0.3, 0.4) is 0 Å². The highest BCUT2D eigenvalue weighted by Gasteiger charge is 2.10. The molecule has 0 aromatic heterocycles. The van der Waals surface area contributed by atoms with Gasteiger partial charge in [-0.1, -0.05) is 66.7 Å². The fourth-order valence-corrected chi connectivity index (χ4v) is 3.41. The summed E-state index contributed by atoms with van der Waals surface area (Å²) in [6.45, 7) is 5.57. The molecule has 0 amide bonds. The van der Waals surface area contributed by atoms with Gasteiger partial charge in [0.15, 0.2) is 0 Å². The minimum Gasteiger partial charge on any atom is -0.489 e. The lowest BCUT2D eigenvalue weighted by Crippen LogP contribution is -2.05. The zero-order valence-electron chi connectivity index (χ0n) is 16.4. The van der Waals surface area contributed by atoms with Crippen LogP contribution in [0, 0.1) is 13.8 Å². The molecule has 4 rings (SSSR count). The van der Waals surface area contributed by atoms with Crippen molar-refractivity contribution in [2.24, 2.45) is 0 Å². The molecule has 140 valence electrons. The topological polar surface area (TPSA) is 21.3 Å². The summed E-state index contributed by atoms with van der Waals surface area (Å²) in [4.78, 5) is 0. The summed E-state index contributed by atoms with van der Waals surface area (Å²) in [6, 6.07) is 29.5. The zero-order chi connectivity index (χ0) is 19.3. The Hall–Kier alpha value is -3.26. The molecule has 0 bridgehead atoms. The van der Waals surface area contributed by atoms with Crippen LogP contribution >= 0.6 is 0 Å². The summed E-state index contributed by atoms with van der Waals surface area (Å²) >= 11 is 0. The summed E-state index contributed by atoms with van der Waals surface area (Å²) < 4.78 is 6.22. The van der Waals surface area contributed by atoms with Crippen molar-refractivity contribution >= 4 is 16.5 Å². The van der Waals surface area contributed by atoms with Gasteiger partial charge in [0.2, 0.25) is 0 Å². The number of hydrogen-bond acceptors (Lipinski definition) is 2. The molecule has 0 aliphatic heterocycles. The van der Waals surface area contributed by atoms with Gasteiger partial charge in [-0.2, -0.15) is 0 Å². The van der Waals surface area contributed by atoms with E-state index in [2.05, 4.69) is 85.9 Å². The van der Waals surface area contributed by atoms with Crippen LogP contribution in [0.2, 0.25) is 0 Å². The summed E-state index contributed by atoms with van der Waals surface area (Å²) in [5.41, 5.74) is 6.09. The van der Waals surface area contributed by atoms with Crippen LogP contribution < -0.4 is 10.1 Å². The maximum atomic E-state index is 6.22. The quantitative estimate of drug-likeness (QED) is 0.412. The Morgan fingerprint density at radius 1 is 0.750 bits per heavy atom. The van der Waals surface area contributed by atoms with Crippen LogP contribution in [-0.4, -0.2) is 0 Å². The molecular weight excluding hydrogens is 342 g/mol. The Morgan fingerprint density at radius 2 is 1.54 bits per heavy atom. The van der Waals surface area contributed by atoms with E-state index in [9.17, 15) is 0 Å². The SMILES string of the molecule is Cc1ccc(NCc2c(OCc3ccccc3)ccc3ccccc23)cc1C. The molecule has 4 aromatic rings. The van der Waals surface area contributed by atoms with Gasteiger partial charge < -0.3 is 10.1 Å². The molecule has 0 aliphatic carbocycles. The normalized spacial score (nSPS) is 10.8. The van der Waals surface area contributed by atoms with Crippen LogP contribution in [0.15, 0.2) is 84.9 Å². The molecular formula is C26H25NO. The molecule has 0 atom stereocenters. The molecule has 0 unspecified atom stereocenters. The van der Waals surface area contributed by atoms with E-state index >= 15 is 0 Å². The number of fused-ring (bicyclic) bond motifs is 1. The molecule has 0 radical (unpaired) electrons. The summed E-state index contributed by atoms with van der Waals surface area (Å²) in [5, 5.41) is 6.03. The van der Waals surface area contributed by atoms with Gasteiger partial charge in [0.1, 0.15) is 12.4 Å². The lowest BCUT2D eigenvalue weighted by molar-refractivity contribution is 0.304. The highest BCUT2D eigenvalue weighted by atomic mass is 16.5. The van der Waals surface area contributed by atoms with Crippen molar-refractivity contribution in [3.05, 3.63) is 107 Å². The van der Waals surface area contributed by atoms with Gasteiger partial charge in [-0.3, -0.25) is 0 Å². The van der Waals surface area contributed by atoms with Crippen LogP contribution in [0.4, 0.5) is 5.69 Å². The first-order valence-electron chi connectivity index (χ1n) is 9.69. The standard InChI is InChI=1S/C26H25NO/c1-19-12-14-23(16-20(19)2)27-17-25-24-11-7-6-10-22(24)13-15-26(25)28-18-21-8-4-3-5-9-21/h3-16,27H,17-18H2,1-2H3. The van der Waals surface area contributed by atoms with Crippen molar-refractivity contribution in [3.8, 4) is 5.75 Å². The molecule has 0 saturated heterocycles. The maximum Gasteiger partial charge on any atom is 0.125 e. The first-order valence-corrected chi connectivity index (χ1v) is 9.69. The van der Waals surface area contributed by atoms with Gasteiger partial charge in [0, 0.05) is 17.8 Å². The Balaban J connectivity index is 1.62. The largest absolute Gasteiger partial charge is 0.489 e. The summed E-state index contributed by atoms with van der Waals surface area (Å²) in [5.74, 6) is 0.930. The molecule has 0 heterocycles. The van der Waals surface area contributed by atoms with Crippen LogP contribution in [-0.2, 0) is 13.2 Å². The van der Waals surface area contributed by atoms with Gasteiger partial charge in [-0.25, -0.2) is 0 Å². The third-order valence-corrected chi connectivity index (χ3v) is 5.21. The average molecular weight is 367 g/mol. The van der Waals surface area contributed by atoms with Crippen molar-refractivity contribution < 1.29 is 4.74 Å². The fourth-order valence-electron chi connectivity index (χ4n) is 3.41. The van der Waals surface area contributed by atoms with E-state index in [4.69, 9.17) is 4.74 Å². The molecule has 0 aliphatic rings. The minimum atomic E-state index is 0.565. The number of nitrogens with one attached hydrogen (secondary N) is 1. The number of anilines is 1. The molecule has 0 spiro atoms. The van der Waals surface area contributed by atoms with Crippen molar-refractivity contribution in [1.82, 2.24) is 0 Å². The van der Waals surface area contributed by atoms with Crippen molar-refractivity contribution in [2.75, 3.05) is 5.32 Å². The average Bonchev–Trinajstić information content (AvgIpc) is 2.74. The van der Waals surface area contributed by atoms with Gasteiger partial charge in [-0.05, 0) is 59.5 Å². The first-order chi connectivity index (χ1) is 13.7. The number of benzene rings is 4. The van der Waals surface area contributed by atoms with E-state index in [1.54, 1.807) is 0 Å². The van der Waals surface area contributed by atoms with E-state index in [-0.39, 0.29) is 0 Å². The second kappa shape index (κ2) is 8.18. The van der Waals surface area contributed by atoms with E-state index in [1.165, 1.54) is 33.0 Å². The second-order valence-electron chi connectivity index (χ2n) is 7.19. The molecule has 1 N–H and O–H groups in total. The molecule has 28 heavy (non-hydrogen) atoms. The molecule has 2 heteroatoms. The molecule has 0 saturated carbocycles. The van der Waals surface area contributed by atoms with E-state index in [0.717, 1.165) is 11.4 Å². The van der Waals surface area contributed by atoms with E-state index in [0.29, 0.717) is 13.2 Å². The lowest BCUT2D eigenvalue weighted by Gasteiger charge is -2.16. The van der Waals surface area contributed by atoms with Gasteiger partial charge in [0.05, 0.1) is 0 Å². The predicted molar refractivity (Wildman–Crippen MR) is 118 cm³/mol. The third-order valence-electron chi connectivity index (χ3n) is 5.21. The summed E-state index contributed by atoms with van der Waals surface area (Å²) in [6.07, 6.45) is 0. The lowest BCUT2D eigenvalue weighted by atomic mass is 10.0. The van der Waals surface area contributed by atoms with Crippen LogP contribution in [0.5, 0.6) is 5.75 Å². The van der Waals surface area contributed by atoms with Gasteiger partial charge in [-0.15, -0.1) is 0 Å². The summed E-state index contributed by atoms with van der Waals surface area (Å²) in [7, 11) is 0. The fraction of sp³-hybridized carbons (Fsp3) is 0.154. The predicted octanol–water partition coefficient (Wildman–Crippen LogP) is 6.65. The molecule has 0 fully saturated rings. The van der Waals surface area contributed by atoms with E-state index in [1.807, 2.05) is 18.2 Å². The molecule has 2 nitrogen and oxygen atoms in total. The second-order valence-corrected chi connectivity index (χ2v) is 7.19. The molecule has 4 aromatic carbocycles. The number of aryl methyl sites for hydroxylation is 2. The van der Waals surface area contributed by atoms with Crippen LogP contribution in [0.25, 0.3) is 10.8 Å². The highest BCUT2D eigenvalue weighted by Crippen LogP contribution is 2.30. The van der Waals surface area contributed by atoms with Crippen molar-refractivity contribution in [1.29, 1.82) is 0 Å². The Morgan fingerprint density at radius 3 is 2.36 bits per heavy atom. The Bertz CT molecular complexity index is 1090. The Kier molecular flexibility index (Phi) is 5.29. The number of hydrogen-bond donors (Lipinski definition) is 1. The monoisotopic (exact) mass is 367 g/mol. The zero-order valence-corrected chi connectivity index (χ0v) is 16.4. The Labute approximate surface area is 166 Å². The van der Waals surface area contributed by atoms with Crippen LogP contribution in [0.1, 0.15) is 22.3 Å². The van der Waals surface area contributed by atoms with Crippen molar-refractivity contribution in [3.63, 3.8) is 0 Å². The first kappa shape index (κ1) is 18.1. The van der Waals surface area contributed by atoms with E-state index < -0.39 is 0 Å². The third kappa shape index (κ3) is 4.01. The minimum absolute atomic E-state index is 0.565. The maximum absolute atomic E-state index is 6.22. The van der Waals surface area contributed by atoms with Gasteiger partial charge >= 0.3 is 0 Å². The van der Waals surface area contributed by atoms with Gasteiger partial charge in [0.25, 0.3) is 0 Å².